The second kappa shape index (κ2) is 7.88. The molecule has 2 unspecified atom stereocenters. The second-order valence-corrected chi connectivity index (χ2v) is 7.93. The Kier molecular flexibility index (Phi) is 6.70. The average Bonchev–Trinajstić information content (AvgIpc) is 2.44. The third-order valence-electron chi connectivity index (χ3n) is 3.64. The monoisotopic (exact) mass is 344 g/mol. The first-order valence-electron chi connectivity index (χ1n) is 7.40. The van der Waals surface area contributed by atoms with Gasteiger partial charge in [0.2, 0.25) is 0 Å². The topological polar surface area (TPSA) is 78.4 Å². The predicted molar refractivity (Wildman–Crippen MR) is 90.4 cm³/mol. The number of nitrogens with one attached hydrogen (secondary N) is 2. The Labute approximate surface area is 139 Å². The van der Waals surface area contributed by atoms with E-state index in [1.54, 1.807) is 0 Å². The average molecular weight is 344 g/mol. The lowest BCUT2D eigenvalue weighted by atomic mass is 9.81. The van der Waals surface area contributed by atoms with E-state index < -0.39 is 34.2 Å². The summed E-state index contributed by atoms with van der Waals surface area (Å²) < 4.78 is 25.0. The number of amides is 2. The molecule has 23 heavy (non-hydrogen) atoms. The van der Waals surface area contributed by atoms with Gasteiger partial charge in [-0.2, -0.15) is 0 Å². The quantitative estimate of drug-likeness (QED) is 0.742. The van der Waals surface area contributed by atoms with Crippen molar-refractivity contribution in [3.63, 3.8) is 0 Å². The Bertz CT molecular complexity index is 591. The number of aliphatic hydroxyl groups excluding tert-OH is 1. The molecule has 130 valence electrons. The molecule has 2 atom stereocenters. The first-order chi connectivity index (χ1) is 10.5. The van der Waals surface area contributed by atoms with E-state index in [4.69, 9.17) is 0 Å². The Hall–Kier alpha value is -1.47. The van der Waals surface area contributed by atoms with Crippen LogP contribution in [0.15, 0.2) is 23.1 Å². The predicted octanol–water partition coefficient (Wildman–Crippen LogP) is 2.73. The smallest absolute Gasteiger partial charge is 0.319 e. The molecule has 1 aromatic carbocycles. The summed E-state index contributed by atoms with van der Waals surface area (Å²) in [6.07, 6.45) is 0.833. The molecule has 0 bridgehead atoms. The Morgan fingerprint density at radius 2 is 2.00 bits per heavy atom. The van der Waals surface area contributed by atoms with Crippen molar-refractivity contribution in [2.75, 3.05) is 18.1 Å². The van der Waals surface area contributed by atoms with Gasteiger partial charge in [-0.25, -0.2) is 9.18 Å². The highest BCUT2D eigenvalue weighted by atomic mass is 32.2. The van der Waals surface area contributed by atoms with Crippen molar-refractivity contribution < 1.29 is 18.5 Å². The highest BCUT2D eigenvalue weighted by Gasteiger charge is 2.30. The summed E-state index contributed by atoms with van der Waals surface area (Å²) in [7, 11) is -1.42. The van der Waals surface area contributed by atoms with Gasteiger partial charge in [-0.05, 0) is 24.1 Å². The Morgan fingerprint density at radius 1 is 1.39 bits per heavy atom. The number of anilines is 1. The van der Waals surface area contributed by atoms with Gasteiger partial charge in [0.25, 0.3) is 0 Å². The van der Waals surface area contributed by atoms with Crippen LogP contribution in [0.2, 0.25) is 0 Å². The van der Waals surface area contributed by atoms with Crippen LogP contribution in [0.1, 0.15) is 27.7 Å². The first-order valence-corrected chi connectivity index (χ1v) is 8.96. The van der Waals surface area contributed by atoms with Crippen LogP contribution in [-0.4, -0.2) is 34.3 Å². The Balaban J connectivity index is 2.64. The van der Waals surface area contributed by atoms with Crippen LogP contribution in [0.4, 0.5) is 14.9 Å². The molecular formula is C16H25FN2O3S. The summed E-state index contributed by atoms with van der Waals surface area (Å²) in [5, 5.41) is 15.3. The lowest BCUT2D eigenvalue weighted by Gasteiger charge is -2.33. The molecule has 0 aliphatic carbocycles. The fourth-order valence-corrected chi connectivity index (χ4v) is 2.90. The van der Waals surface area contributed by atoms with Crippen LogP contribution in [0.5, 0.6) is 0 Å². The molecule has 0 spiro atoms. The third-order valence-corrected chi connectivity index (χ3v) is 4.59. The number of benzene rings is 1. The van der Waals surface area contributed by atoms with Gasteiger partial charge in [0, 0.05) is 23.9 Å². The zero-order chi connectivity index (χ0) is 17.8. The summed E-state index contributed by atoms with van der Waals surface area (Å²) in [5.74, 6) is -0.550. The van der Waals surface area contributed by atoms with Gasteiger partial charge < -0.3 is 15.7 Å². The molecule has 2 amide bonds. The van der Waals surface area contributed by atoms with Gasteiger partial charge in [-0.3, -0.25) is 4.21 Å². The van der Waals surface area contributed by atoms with E-state index >= 15 is 0 Å². The van der Waals surface area contributed by atoms with E-state index in [-0.39, 0.29) is 23.0 Å². The Morgan fingerprint density at radius 3 is 2.48 bits per heavy atom. The molecule has 0 aromatic heterocycles. The number of rotatable bonds is 6. The summed E-state index contributed by atoms with van der Waals surface area (Å²) >= 11 is 0. The van der Waals surface area contributed by atoms with Crippen molar-refractivity contribution in [3.8, 4) is 0 Å². The van der Waals surface area contributed by atoms with E-state index in [1.165, 1.54) is 18.4 Å². The maximum atomic E-state index is 13.7. The number of carbonyl (C=O) groups is 1. The molecule has 1 rings (SSSR count). The van der Waals surface area contributed by atoms with E-state index in [0.717, 1.165) is 6.07 Å². The van der Waals surface area contributed by atoms with Gasteiger partial charge in [0.15, 0.2) is 0 Å². The molecule has 0 aliphatic heterocycles. The number of urea groups is 1. The van der Waals surface area contributed by atoms with Crippen LogP contribution in [0.25, 0.3) is 0 Å². The van der Waals surface area contributed by atoms with Gasteiger partial charge in [-0.15, -0.1) is 0 Å². The molecule has 0 radical (unpaired) electrons. The number of carbonyl (C=O) groups excluding carboxylic acids is 1. The standard InChI is InChI=1S/C16H25FN2O3S/c1-10(2)14(20)16(3,4)9-18-15(21)19-11-6-7-13(23(5)22)12(17)8-11/h6-8,10,14,20H,9H2,1-5H3,(H2,18,19,21). The highest BCUT2D eigenvalue weighted by Crippen LogP contribution is 2.25. The van der Waals surface area contributed by atoms with E-state index in [0.29, 0.717) is 0 Å². The summed E-state index contributed by atoms with van der Waals surface area (Å²) in [5.41, 5.74) is -0.212. The first kappa shape index (κ1) is 19.6. The molecule has 0 fully saturated rings. The normalized spacial score (nSPS) is 14.4. The van der Waals surface area contributed by atoms with E-state index in [1.807, 2.05) is 27.7 Å². The third kappa shape index (κ3) is 5.58. The molecule has 5 nitrogen and oxygen atoms in total. The minimum absolute atomic E-state index is 0.0754. The van der Waals surface area contributed by atoms with Gasteiger partial charge in [-0.1, -0.05) is 27.7 Å². The number of hydrogen-bond donors (Lipinski definition) is 3. The molecule has 3 N–H and O–H groups in total. The number of halogens is 1. The fraction of sp³-hybridized carbons (Fsp3) is 0.562. The summed E-state index contributed by atoms with van der Waals surface area (Å²) in [4.78, 5) is 12.0. The minimum Gasteiger partial charge on any atom is -0.392 e. The molecule has 0 saturated carbocycles. The van der Waals surface area contributed by atoms with Crippen molar-refractivity contribution >= 4 is 22.5 Å². The fourth-order valence-electron chi connectivity index (χ4n) is 2.30. The summed E-state index contributed by atoms with van der Waals surface area (Å²) in [6, 6.07) is 3.52. The highest BCUT2D eigenvalue weighted by molar-refractivity contribution is 7.84. The molecule has 7 heteroatoms. The van der Waals surface area contributed by atoms with Crippen molar-refractivity contribution in [2.24, 2.45) is 11.3 Å². The van der Waals surface area contributed by atoms with Gasteiger partial charge >= 0.3 is 6.03 Å². The maximum Gasteiger partial charge on any atom is 0.319 e. The molecule has 1 aromatic rings. The van der Waals surface area contributed by atoms with Crippen LogP contribution >= 0.6 is 0 Å². The van der Waals surface area contributed by atoms with E-state index in [9.17, 15) is 18.5 Å². The van der Waals surface area contributed by atoms with Crippen molar-refractivity contribution in [1.82, 2.24) is 5.32 Å². The largest absolute Gasteiger partial charge is 0.392 e. The van der Waals surface area contributed by atoms with Crippen molar-refractivity contribution in [2.45, 2.75) is 38.7 Å². The molecule has 0 heterocycles. The lowest BCUT2D eigenvalue weighted by Crippen LogP contribution is -2.44. The van der Waals surface area contributed by atoms with Gasteiger partial charge in [0.05, 0.1) is 21.8 Å². The van der Waals surface area contributed by atoms with Crippen LogP contribution in [-0.2, 0) is 10.8 Å². The van der Waals surface area contributed by atoms with Crippen LogP contribution in [0, 0.1) is 17.2 Å². The molecular weight excluding hydrogens is 319 g/mol. The maximum absolute atomic E-state index is 13.7. The zero-order valence-electron chi connectivity index (χ0n) is 14.1. The molecule has 0 aliphatic rings. The van der Waals surface area contributed by atoms with Gasteiger partial charge in [0.1, 0.15) is 5.82 Å². The number of hydrogen-bond acceptors (Lipinski definition) is 3. The zero-order valence-corrected chi connectivity index (χ0v) is 15.0. The molecule has 0 saturated heterocycles. The van der Waals surface area contributed by atoms with Crippen molar-refractivity contribution in [1.29, 1.82) is 0 Å². The van der Waals surface area contributed by atoms with Crippen LogP contribution in [0.3, 0.4) is 0 Å². The summed E-state index contributed by atoms with van der Waals surface area (Å²) in [6.45, 7) is 7.83. The van der Waals surface area contributed by atoms with Crippen LogP contribution < -0.4 is 10.6 Å². The van der Waals surface area contributed by atoms with Crippen molar-refractivity contribution in [3.05, 3.63) is 24.0 Å². The van der Waals surface area contributed by atoms with E-state index in [2.05, 4.69) is 10.6 Å². The second-order valence-electron chi connectivity index (χ2n) is 6.58. The minimum atomic E-state index is -1.42. The SMILES string of the molecule is CC(C)C(O)C(C)(C)CNC(=O)Nc1ccc(S(C)=O)c(F)c1. The lowest BCUT2D eigenvalue weighted by molar-refractivity contribution is 0.0154. The number of aliphatic hydroxyl groups is 1.